The maximum atomic E-state index is 9.98. The van der Waals surface area contributed by atoms with Crippen molar-refractivity contribution in [2.24, 2.45) is 0 Å². The van der Waals surface area contributed by atoms with Crippen molar-refractivity contribution in [3.8, 4) is 5.75 Å². The van der Waals surface area contributed by atoms with Gasteiger partial charge in [-0.3, -0.25) is 0 Å². The van der Waals surface area contributed by atoms with Crippen LogP contribution >= 0.6 is 23.2 Å². The molecule has 3 nitrogen and oxygen atoms in total. The summed E-state index contributed by atoms with van der Waals surface area (Å²) in [6.45, 7) is 3.01. The summed E-state index contributed by atoms with van der Waals surface area (Å²) in [6, 6.07) is 5.06. The fourth-order valence-electron chi connectivity index (χ4n) is 2.27. The summed E-state index contributed by atoms with van der Waals surface area (Å²) in [7, 11) is 0. The highest BCUT2D eigenvalue weighted by Gasteiger charge is 2.15. The summed E-state index contributed by atoms with van der Waals surface area (Å²) < 4.78 is 5.53. The summed E-state index contributed by atoms with van der Waals surface area (Å²) in [5, 5.41) is 11.1. The molecule has 0 aliphatic carbocycles. The molecule has 106 valence electrons. The van der Waals surface area contributed by atoms with E-state index in [0.717, 1.165) is 13.1 Å². The predicted molar refractivity (Wildman–Crippen MR) is 78.3 cm³/mol. The summed E-state index contributed by atoms with van der Waals surface area (Å²) >= 11 is 11.9. The summed E-state index contributed by atoms with van der Waals surface area (Å²) in [5.74, 6) is 0.520. The fraction of sp³-hybridized carbons (Fsp3) is 0.571. The standard InChI is InChI=1S/C14H19Cl2NO2/c15-11-4-5-13(16)14(8-11)19-10-12(18)9-17-6-2-1-3-7-17/h4-5,8,12,18H,1-3,6-7,9-10H2/t12-/m1/s1. The molecule has 0 spiro atoms. The Morgan fingerprint density at radius 2 is 1.95 bits per heavy atom. The average Bonchev–Trinajstić information content (AvgIpc) is 2.41. The van der Waals surface area contributed by atoms with Gasteiger partial charge in [0.1, 0.15) is 18.5 Å². The zero-order chi connectivity index (χ0) is 13.7. The third kappa shape index (κ3) is 4.84. The van der Waals surface area contributed by atoms with Crippen LogP contribution in [-0.2, 0) is 0 Å². The zero-order valence-corrected chi connectivity index (χ0v) is 12.3. The molecule has 1 aromatic rings. The lowest BCUT2D eigenvalue weighted by Gasteiger charge is -2.28. The normalized spacial score (nSPS) is 18.3. The first-order valence-electron chi connectivity index (χ1n) is 6.63. The molecule has 0 unspecified atom stereocenters. The van der Waals surface area contributed by atoms with Crippen LogP contribution in [0.4, 0.5) is 0 Å². The second kappa shape index (κ2) is 7.34. The Morgan fingerprint density at radius 1 is 1.21 bits per heavy atom. The highest BCUT2D eigenvalue weighted by molar-refractivity contribution is 6.34. The van der Waals surface area contributed by atoms with Crippen molar-refractivity contribution in [1.29, 1.82) is 0 Å². The van der Waals surface area contributed by atoms with Crippen LogP contribution in [0.2, 0.25) is 10.0 Å². The van der Waals surface area contributed by atoms with E-state index >= 15 is 0 Å². The molecule has 1 aliphatic heterocycles. The summed E-state index contributed by atoms with van der Waals surface area (Å²) in [4.78, 5) is 2.27. The molecule has 0 bridgehead atoms. The number of hydrogen-bond donors (Lipinski definition) is 1. The Hall–Kier alpha value is -0.480. The Balaban J connectivity index is 1.79. The summed E-state index contributed by atoms with van der Waals surface area (Å²) in [5.41, 5.74) is 0. The van der Waals surface area contributed by atoms with Crippen molar-refractivity contribution in [3.63, 3.8) is 0 Å². The van der Waals surface area contributed by atoms with Crippen LogP contribution in [0.15, 0.2) is 18.2 Å². The smallest absolute Gasteiger partial charge is 0.139 e. The first kappa shape index (κ1) is 14.9. The molecule has 1 N–H and O–H groups in total. The lowest BCUT2D eigenvalue weighted by molar-refractivity contribution is 0.0617. The van der Waals surface area contributed by atoms with Crippen LogP contribution < -0.4 is 4.74 Å². The molecule has 2 rings (SSSR count). The van der Waals surface area contributed by atoms with Crippen LogP contribution in [0.1, 0.15) is 19.3 Å². The van der Waals surface area contributed by atoms with Gasteiger partial charge in [-0.2, -0.15) is 0 Å². The quantitative estimate of drug-likeness (QED) is 0.906. The minimum absolute atomic E-state index is 0.233. The van der Waals surface area contributed by atoms with Crippen LogP contribution in [0.3, 0.4) is 0 Å². The average molecular weight is 304 g/mol. The van der Waals surface area contributed by atoms with Crippen molar-refractivity contribution >= 4 is 23.2 Å². The molecule has 0 aromatic heterocycles. The first-order valence-corrected chi connectivity index (χ1v) is 7.39. The van der Waals surface area contributed by atoms with Crippen LogP contribution in [0.5, 0.6) is 5.75 Å². The van der Waals surface area contributed by atoms with E-state index in [4.69, 9.17) is 27.9 Å². The van der Waals surface area contributed by atoms with Gasteiger partial charge >= 0.3 is 0 Å². The lowest BCUT2D eigenvalue weighted by Crippen LogP contribution is -2.38. The Bertz CT molecular complexity index is 408. The van der Waals surface area contributed by atoms with Gasteiger partial charge < -0.3 is 14.7 Å². The van der Waals surface area contributed by atoms with E-state index in [-0.39, 0.29) is 6.61 Å². The number of β-amino-alcohol motifs (C(OH)–C–C–N with tert-alkyl or cyclic N) is 1. The molecular weight excluding hydrogens is 285 g/mol. The van der Waals surface area contributed by atoms with Crippen LogP contribution in [-0.4, -0.2) is 42.4 Å². The SMILES string of the molecule is O[C@@H](COc1cc(Cl)ccc1Cl)CN1CCCCC1. The van der Waals surface area contributed by atoms with E-state index in [1.54, 1.807) is 18.2 Å². The monoisotopic (exact) mass is 303 g/mol. The van der Waals surface area contributed by atoms with Crippen LogP contribution in [0.25, 0.3) is 0 Å². The molecule has 5 heteroatoms. The maximum absolute atomic E-state index is 9.98. The van der Waals surface area contributed by atoms with Crippen molar-refractivity contribution in [2.45, 2.75) is 25.4 Å². The highest BCUT2D eigenvalue weighted by Crippen LogP contribution is 2.27. The Kier molecular flexibility index (Phi) is 5.76. The van der Waals surface area contributed by atoms with Gasteiger partial charge in [0.25, 0.3) is 0 Å². The lowest BCUT2D eigenvalue weighted by atomic mass is 10.1. The molecule has 1 aliphatic rings. The van der Waals surface area contributed by atoms with Crippen LogP contribution in [0, 0.1) is 0 Å². The number of likely N-dealkylation sites (tertiary alicyclic amines) is 1. The van der Waals surface area contributed by atoms with Crippen molar-refractivity contribution in [3.05, 3.63) is 28.2 Å². The van der Waals surface area contributed by atoms with Crippen molar-refractivity contribution in [2.75, 3.05) is 26.2 Å². The molecule has 0 radical (unpaired) electrons. The van der Waals surface area contributed by atoms with Crippen molar-refractivity contribution in [1.82, 2.24) is 4.90 Å². The minimum atomic E-state index is -0.506. The number of nitrogens with zero attached hydrogens (tertiary/aromatic N) is 1. The Morgan fingerprint density at radius 3 is 2.68 bits per heavy atom. The van der Waals surface area contributed by atoms with E-state index in [1.165, 1.54) is 19.3 Å². The van der Waals surface area contributed by atoms with Gasteiger partial charge in [-0.25, -0.2) is 0 Å². The van der Waals surface area contributed by atoms with E-state index in [1.807, 2.05) is 0 Å². The number of aliphatic hydroxyl groups is 1. The number of halogens is 2. The van der Waals surface area contributed by atoms with Gasteiger partial charge in [0.2, 0.25) is 0 Å². The number of rotatable bonds is 5. The maximum Gasteiger partial charge on any atom is 0.139 e. The number of benzene rings is 1. The van der Waals surface area contributed by atoms with Gasteiger partial charge in [0.15, 0.2) is 0 Å². The highest BCUT2D eigenvalue weighted by atomic mass is 35.5. The van der Waals surface area contributed by atoms with E-state index in [9.17, 15) is 5.11 Å². The molecule has 19 heavy (non-hydrogen) atoms. The first-order chi connectivity index (χ1) is 9.15. The zero-order valence-electron chi connectivity index (χ0n) is 10.8. The molecule has 0 saturated carbocycles. The fourth-order valence-corrected chi connectivity index (χ4v) is 2.60. The number of aliphatic hydroxyl groups excluding tert-OH is 1. The molecule has 1 aromatic carbocycles. The van der Waals surface area contributed by atoms with Gasteiger partial charge in [-0.15, -0.1) is 0 Å². The molecule has 1 fully saturated rings. The van der Waals surface area contributed by atoms with Gasteiger partial charge in [-0.1, -0.05) is 29.6 Å². The topological polar surface area (TPSA) is 32.7 Å². The predicted octanol–water partition coefficient (Wildman–Crippen LogP) is 3.22. The van der Waals surface area contributed by atoms with Gasteiger partial charge in [0, 0.05) is 17.6 Å². The summed E-state index contributed by atoms with van der Waals surface area (Å²) in [6.07, 6.45) is 3.22. The third-order valence-electron chi connectivity index (χ3n) is 3.24. The second-order valence-corrected chi connectivity index (χ2v) is 5.74. The van der Waals surface area contributed by atoms with Gasteiger partial charge in [0.05, 0.1) is 5.02 Å². The third-order valence-corrected chi connectivity index (χ3v) is 3.79. The van der Waals surface area contributed by atoms with E-state index in [2.05, 4.69) is 4.90 Å². The number of ether oxygens (including phenoxy) is 1. The van der Waals surface area contributed by atoms with E-state index in [0.29, 0.717) is 22.3 Å². The van der Waals surface area contributed by atoms with E-state index < -0.39 is 6.10 Å². The number of hydrogen-bond acceptors (Lipinski definition) is 3. The van der Waals surface area contributed by atoms with Gasteiger partial charge in [-0.05, 0) is 38.1 Å². The number of piperidine rings is 1. The molecule has 0 amide bonds. The van der Waals surface area contributed by atoms with Crippen molar-refractivity contribution < 1.29 is 9.84 Å². The largest absolute Gasteiger partial charge is 0.489 e. The molecule has 1 heterocycles. The minimum Gasteiger partial charge on any atom is -0.489 e. The molecular formula is C14H19Cl2NO2. The Labute approximate surface area is 124 Å². The second-order valence-electron chi connectivity index (χ2n) is 4.90. The molecule has 1 atom stereocenters. The molecule has 1 saturated heterocycles.